The molecule has 0 aromatic carbocycles. The van der Waals surface area contributed by atoms with Crippen molar-refractivity contribution in [3.05, 3.63) is 0 Å². The summed E-state index contributed by atoms with van der Waals surface area (Å²) in [5.74, 6) is -2.57. The van der Waals surface area contributed by atoms with Crippen molar-refractivity contribution in [2.24, 2.45) is 11.3 Å². The van der Waals surface area contributed by atoms with Gasteiger partial charge < -0.3 is 0 Å². The van der Waals surface area contributed by atoms with E-state index in [-0.39, 0.29) is 0 Å². The zero-order chi connectivity index (χ0) is 16.6. The van der Waals surface area contributed by atoms with E-state index in [0.717, 1.165) is 0 Å². The second-order valence-corrected chi connectivity index (χ2v) is 3.91. The molecule has 1 saturated heterocycles. The lowest BCUT2D eigenvalue weighted by Crippen LogP contribution is -2.64. The van der Waals surface area contributed by atoms with Crippen molar-refractivity contribution in [3.8, 4) is 0 Å². The first kappa shape index (κ1) is 7.04. The maximum absolute atomic E-state index is 12.3. The first-order chi connectivity index (χ1) is 9.42. The Bertz CT molecular complexity index is 455. The van der Waals surface area contributed by atoms with Gasteiger partial charge >= 0.3 is 6.03 Å². The number of imide groups is 1. The molecule has 1 aliphatic heterocycles. The zero-order valence-corrected chi connectivity index (χ0v) is 9.31. The van der Waals surface area contributed by atoms with Gasteiger partial charge in [0.05, 0.1) is 0 Å². The number of rotatable bonds is 4. The lowest BCUT2D eigenvalue weighted by atomic mass is 9.69. The van der Waals surface area contributed by atoms with Crippen LogP contribution in [0.5, 0.6) is 0 Å². The molecule has 0 aromatic heterocycles. The summed E-state index contributed by atoms with van der Waals surface area (Å²) in [4.78, 5) is 23.6. The van der Waals surface area contributed by atoms with Crippen LogP contribution < -0.4 is 10.6 Å². The molecular weight excluding hydrogens is 206 g/mol. The molecule has 5 nitrogen and oxygen atoms in total. The van der Waals surface area contributed by atoms with Crippen LogP contribution in [-0.4, -0.2) is 17.8 Å². The summed E-state index contributed by atoms with van der Waals surface area (Å²) in [5.41, 5.74) is -2.26. The number of carbonyl (C=O) groups is 2. The fourth-order valence-corrected chi connectivity index (χ4v) is 1.92. The third-order valence-electron chi connectivity index (χ3n) is 2.88. The maximum Gasteiger partial charge on any atom is 0.326 e. The van der Waals surface area contributed by atoms with Gasteiger partial charge in [-0.05, 0) is 18.7 Å². The van der Waals surface area contributed by atoms with Crippen molar-refractivity contribution in [2.75, 3.05) is 0 Å². The number of amides is 3. The van der Waals surface area contributed by atoms with Crippen LogP contribution in [0.25, 0.3) is 0 Å². The molecule has 2 atom stereocenters. The summed E-state index contributed by atoms with van der Waals surface area (Å²) in [6, 6.07) is -0.953. The molecule has 1 aliphatic rings. The Morgan fingerprint density at radius 3 is 2.75 bits per heavy atom. The highest BCUT2D eigenvalue weighted by Crippen LogP contribution is 2.36. The van der Waals surface area contributed by atoms with E-state index in [1.807, 2.05) is 10.6 Å². The second kappa shape index (κ2) is 4.63. The van der Waals surface area contributed by atoms with Gasteiger partial charge in [0.2, 0.25) is 5.91 Å². The minimum Gasteiger partial charge on any atom is -0.295 e. The van der Waals surface area contributed by atoms with E-state index in [1.54, 1.807) is 6.92 Å². The highest BCUT2D eigenvalue weighted by molar-refractivity contribution is 6.20. The molecule has 0 saturated carbocycles. The zero-order valence-electron chi connectivity index (χ0n) is 14.3. The minimum absolute atomic E-state index is 0.335. The third kappa shape index (κ3) is 1.81. The number of nitrogens with one attached hydrogen (secondary N) is 3. The number of urea groups is 1. The molecule has 1 rings (SSSR count). The van der Waals surface area contributed by atoms with Gasteiger partial charge in [0.15, 0.2) is 0 Å². The van der Waals surface area contributed by atoms with E-state index < -0.39 is 42.3 Å². The first-order valence-electron chi connectivity index (χ1n) is 7.64. The van der Waals surface area contributed by atoms with Crippen molar-refractivity contribution >= 4 is 17.8 Å². The summed E-state index contributed by atoms with van der Waals surface area (Å²) in [7, 11) is 0. The molecule has 0 spiro atoms. The Hall–Kier alpha value is -1.39. The summed E-state index contributed by atoms with van der Waals surface area (Å²) < 4.78 is 38.3. The molecule has 1 heterocycles. The molecule has 1 fully saturated rings. The summed E-state index contributed by atoms with van der Waals surface area (Å²) in [5, 5.41) is 11.9. The largest absolute Gasteiger partial charge is 0.326 e. The normalized spacial score (nSPS) is 33.6. The van der Waals surface area contributed by atoms with Gasteiger partial charge in [0, 0.05) is 6.85 Å². The molecule has 2 unspecified atom stereocenters. The summed E-state index contributed by atoms with van der Waals surface area (Å²) in [6.07, 6.45) is -2.08. The van der Waals surface area contributed by atoms with E-state index in [4.69, 9.17) is 12.3 Å². The molecule has 0 aliphatic carbocycles. The minimum atomic E-state index is -3.12. The van der Waals surface area contributed by atoms with Crippen LogP contribution in [-0.2, 0) is 4.79 Å². The van der Waals surface area contributed by atoms with Crippen LogP contribution in [0.3, 0.4) is 0 Å². The molecule has 3 amide bonds. The van der Waals surface area contributed by atoms with E-state index in [9.17, 15) is 9.59 Å². The topological polar surface area (TPSA) is 82.1 Å². The van der Waals surface area contributed by atoms with Crippen LogP contribution in [0.4, 0.5) is 4.79 Å². The summed E-state index contributed by atoms with van der Waals surface area (Å²) in [6.45, 7) is 0.192. The predicted octanol–water partition coefficient (Wildman–Crippen LogP) is 1.64. The molecular formula is C11H19N3O2. The molecule has 3 N–H and O–H groups in total. The molecule has 0 bridgehead atoms. The fraction of sp³-hybridized carbons (Fsp3) is 0.727. The Labute approximate surface area is 103 Å². The van der Waals surface area contributed by atoms with Crippen LogP contribution in [0, 0.1) is 16.7 Å². The van der Waals surface area contributed by atoms with E-state index in [0.29, 0.717) is 12.8 Å². The average Bonchev–Trinajstić information content (AvgIpc) is 2.26. The Balaban J connectivity index is 3.54. The van der Waals surface area contributed by atoms with Gasteiger partial charge in [-0.25, -0.2) is 4.79 Å². The second-order valence-electron chi connectivity index (χ2n) is 3.91. The van der Waals surface area contributed by atoms with Gasteiger partial charge in [-0.1, -0.05) is 27.1 Å². The highest BCUT2D eigenvalue weighted by atomic mass is 16.2. The maximum atomic E-state index is 12.3. The van der Waals surface area contributed by atoms with E-state index >= 15 is 0 Å². The van der Waals surface area contributed by atoms with Crippen molar-refractivity contribution < 1.29 is 16.4 Å². The lowest BCUT2D eigenvalue weighted by Gasteiger charge is -2.39. The molecule has 5 heteroatoms. The van der Waals surface area contributed by atoms with Gasteiger partial charge in [-0.15, -0.1) is 0 Å². The Kier molecular flexibility index (Phi) is 2.04. The van der Waals surface area contributed by atoms with Crippen LogP contribution in [0.2, 0.25) is 0 Å². The number of hydrogen-bond acceptors (Lipinski definition) is 3. The van der Waals surface area contributed by atoms with Gasteiger partial charge in [0.25, 0.3) is 0 Å². The molecule has 16 heavy (non-hydrogen) atoms. The van der Waals surface area contributed by atoms with Crippen molar-refractivity contribution in [1.29, 1.82) is 5.41 Å². The van der Waals surface area contributed by atoms with Crippen LogP contribution in [0.1, 0.15) is 46.8 Å². The predicted molar refractivity (Wildman–Crippen MR) is 61.2 cm³/mol. The average molecular weight is 230 g/mol. The van der Waals surface area contributed by atoms with E-state index in [1.165, 1.54) is 6.92 Å². The van der Waals surface area contributed by atoms with Crippen LogP contribution >= 0.6 is 0 Å². The first-order valence-corrected chi connectivity index (χ1v) is 5.14. The number of hydrogen-bond donors (Lipinski definition) is 3. The number of amidine groups is 1. The third-order valence-corrected chi connectivity index (χ3v) is 2.88. The van der Waals surface area contributed by atoms with E-state index in [2.05, 4.69) is 0 Å². The van der Waals surface area contributed by atoms with Gasteiger partial charge in [-0.2, -0.15) is 0 Å². The summed E-state index contributed by atoms with van der Waals surface area (Å²) >= 11 is 0. The Morgan fingerprint density at radius 1 is 1.56 bits per heavy atom. The number of carbonyl (C=O) groups excluding carboxylic acids is 2. The highest BCUT2D eigenvalue weighted by Gasteiger charge is 2.49. The standard InChI is InChI=1S/C11H19N3O2/c1-4-6-7(3)11(5-2)8(12)13-10(16)14-9(11)15/h7H,4-6H2,1-3H3,(H3,12,13,14,15,16)/i2D3,5D2. The molecule has 0 aromatic rings. The van der Waals surface area contributed by atoms with Crippen molar-refractivity contribution in [2.45, 2.75) is 39.9 Å². The molecule has 0 radical (unpaired) electrons. The van der Waals surface area contributed by atoms with Gasteiger partial charge in [0.1, 0.15) is 11.3 Å². The smallest absolute Gasteiger partial charge is 0.295 e. The fourth-order valence-electron chi connectivity index (χ4n) is 1.92. The SMILES string of the molecule is [2H]C([2H])([2H])C([2H])([2H])C1(C(C)CCC)C(=N)NC(=O)NC1=O. The van der Waals surface area contributed by atoms with Crippen LogP contribution in [0.15, 0.2) is 0 Å². The van der Waals surface area contributed by atoms with Gasteiger partial charge in [-0.3, -0.25) is 20.8 Å². The van der Waals surface area contributed by atoms with Crippen molar-refractivity contribution in [3.63, 3.8) is 0 Å². The lowest BCUT2D eigenvalue weighted by molar-refractivity contribution is -0.129. The Morgan fingerprint density at radius 2 is 2.25 bits per heavy atom. The van der Waals surface area contributed by atoms with Crippen molar-refractivity contribution in [1.82, 2.24) is 10.6 Å². The molecule has 90 valence electrons. The monoisotopic (exact) mass is 230 g/mol. The quantitative estimate of drug-likeness (QED) is 0.686.